The Labute approximate surface area is 142 Å². The molecule has 0 bridgehead atoms. The average molecular weight is 349 g/mol. The van der Waals surface area contributed by atoms with Crippen LogP contribution < -0.4 is 10.6 Å². The maximum Gasteiger partial charge on any atom is 0.230 e. The second-order valence-corrected chi connectivity index (χ2v) is 6.56. The van der Waals surface area contributed by atoms with Crippen LogP contribution in [0, 0.1) is 5.92 Å². The number of halogens is 2. The van der Waals surface area contributed by atoms with Crippen molar-refractivity contribution in [3.05, 3.63) is 34.9 Å². The van der Waals surface area contributed by atoms with E-state index in [4.69, 9.17) is 11.6 Å². The summed E-state index contributed by atoms with van der Waals surface area (Å²) in [6.07, 6.45) is 2.43. The minimum Gasteiger partial charge on any atom is -0.355 e. The quantitative estimate of drug-likeness (QED) is 0.829. The first kappa shape index (κ1) is 18.6. The molecule has 2 rings (SSSR count). The fourth-order valence-electron chi connectivity index (χ4n) is 2.25. The number of benzene rings is 1. The molecule has 1 aromatic carbocycles. The SMILES string of the molecule is Cl.O=C(CSCc1ccc(Cl)cc1)NCC1CCCNC1. The molecule has 0 aromatic heterocycles. The molecule has 6 heteroatoms. The highest BCUT2D eigenvalue weighted by Crippen LogP contribution is 2.15. The molecule has 0 saturated carbocycles. The number of amides is 1. The first-order valence-corrected chi connectivity index (χ1v) is 8.57. The molecule has 1 heterocycles. The number of carbonyl (C=O) groups excluding carboxylic acids is 1. The lowest BCUT2D eigenvalue weighted by atomic mass is 10.00. The summed E-state index contributed by atoms with van der Waals surface area (Å²) in [5.74, 6) is 2.08. The number of piperidine rings is 1. The maximum absolute atomic E-state index is 11.8. The van der Waals surface area contributed by atoms with Crippen molar-refractivity contribution in [2.75, 3.05) is 25.4 Å². The lowest BCUT2D eigenvalue weighted by Crippen LogP contribution is -2.38. The Bertz CT molecular complexity index is 422. The van der Waals surface area contributed by atoms with Gasteiger partial charge in [0.1, 0.15) is 0 Å². The Morgan fingerprint density at radius 2 is 2.14 bits per heavy atom. The zero-order valence-corrected chi connectivity index (χ0v) is 14.3. The molecule has 0 spiro atoms. The molecule has 1 aliphatic heterocycles. The van der Waals surface area contributed by atoms with Crippen molar-refractivity contribution in [3.63, 3.8) is 0 Å². The fourth-order valence-corrected chi connectivity index (χ4v) is 3.19. The molecule has 2 N–H and O–H groups in total. The van der Waals surface area contributed by atoms with E-state index in [2.05, 4.69) is 10.6 Å². The van der Waals surface area contributed by atoms with E-state index in [0.717, 1.165) is 30.4 Å². The van der Waals surface area contributed by atoms with E-state index in [1.807, 2.05) is 24.3 Å². The maximum atomic E-state index is 11.8. The van der Waals surface area contributed by atoms with Crippen molar-refractivity contribution in [1.82, 2.24) is 10.6 Å². The molecule has 3 nitrogen and oxygen atoms in total. The minimum absolute atomic E-state index is 0. The predicted octanol–water partition coefficient (Wildman–Crippen LogP) is 3.11. The van der Waals surface area contributed by atoms with Gasteiger partial charge in [-0.25, -0.2) is 0 Å². The molecular weight excluding hydrogens is 327 g/mol. The van der Waals surface area contributed by atoms with Gasteiger partial charge in [-0.2, -0.15) is 0 Å². The van der Waals surface area contributed by atoms with Crippen LogP contribution in [-0.4, -0.2) is 31.3 Å². The fraction of sp³-hybridized carbons (Fsp3) is 0.533. The van der Waals surface area contributed by atoms with Gasteiger partial charge in [-0.1, -0.05) is 23.7 Å². The molecule has 0 radical (unpaired) electrons. The average Bonchev–Trinajstić information content (AvgIpc) is 2.48. The predicted molar refractivity (Wildman–Crippen MR) is 93.5 cm³/mol. The third kappa shape index (κ3) is 7.41. The van der Waals surface area contributed by atoms with Crippen LogP contribution >= 0.6 is 35.8 Å². The van der Waals surface area contributed by atoms with E-state index >= 15 is 0 Å². The zero-order valence-electron chi connectivity index (χ0n) is 11.9. The molecule has 1 fully saturated rings. The van der Waals surface area contributed by atoms with Crippen molar-refractivity contribution in [3.8, 4) is 0 Å². The number of thioether (sulfide) groups is 1. The van der Waals surface area contributed by atoms with Gasteiger partial charge in [0.15, 0.2) is 0 Å². The third-order valence-corrected chi connectivity index (χ3v) is 4.66. The zero-order chi connectivity index (χ0) is 14.2. The van der Waals surface area contributed by atoms with Gasteiger partial charge in [-0.3, -0.25) is 4.79 Å². The highest BCUT2D eigenvalue weighted by atomic mass is 35.5. The van der Waals surface area contributed by atoms with E-state index in [1.165, 1.54) is 18.4 Å². The Morgan fingerprint density at radius 1 is 1.38 bits per heavy atom. The van der Waals surface area contributed by atoms with Gasteiger partial charge in [-0.05, 0) is 49.5 Å². The summed E-state index contributed by atoms with van der Waals surface area (Å²) in [4.78, 5) is 11.8. The molecule has 1 aromatic rings. The number of rotatable bonds is 6. The van der Waals surface area contributed by atoms with E-state index in [1.54, 1.807) is 11.8 Å². The smallest absolute Gasteiger partial charge is 0.230 e. The van der Waals surface area contributed by atoms with Crippen molar-refractivity contribution in [1.29, 1.82) is 0 Å². The largest absolute Gasteiger partial charge is 0.355 e. The first-order chi connectivity index (χ1) is 9.74. The van der Waals surface area contributed by atoms with Gasteiger partial charge in [0.05, 0.1) is 5.75 Å². The number of hydrogen-bond acceptors (Lipinski definition) is 3. The Balaban J connectivity index is 0.00000220. The lowest BCUT2D eigenvalue weighted by molar-refractivity contribution is -0.118. The molecule has 1 saturated heterocycles. The molecule has 1 atom stereocenters. The minimum atomic E-state index is 0. The van der Waals surface area contributed by atoms with Gasteiger partial charge in [0, 0.05) is 17.3 Å². The molecule has 0 aliphatic carbocycles. The van der Waals surface area contributed by atoms with Gasteiger partial charge < -0.3 is 10.6 Å². The van der Waals surface area contributed by atoms with Crippen LogP contribution in [0.5, 0.6) is 0 Å². The van der Waals surface area contributed by atoms with Crippen LogP contribution in [0.3, 0.4) is 0 Å². The second-order valence-electron chi connectivity index (χ2n) is 5.14. The second kappa shape index (κ2) is 10.3. The number of carbonyl (C=O) groups is 1. The summed E-state index contributed by atoms with van der Waals surface area (Å²) < 4.78 is 0. The molecular formula is C15H22Cl2N2OS. The lowest BCUT2D eigenvalue weighted by Gasteiger charge is -2.22. The summed E-state index contributed by atoms with van der Waals surface area (Å²) in [5.41, 5.74) is 1.20. The summed E-state index contributed by atoms with van der Waals surface area (Å²) in [7, 11) is 0. The Kier molecular flexibility index (Phi) is 9.16. The molecule has 1 unspecified atom stereocenters. The van der Waals surface area contributed by atoms with Crippen LogP contribution in [0.1, 0.15) is 18.4 Å². The topological polar surface area (TPSA) is 41.1 Å². The van der Waals surface area contributed by atoms with E-state index in [-0.39, 0.29) is 18.3 Å². The van der Waals surface area contributed by atoms with Crippen molar-refractivity contribution in [2.24, 2.45) is 5.92 Å². The molecule has 118 valence electrons. The van der Waals surface area contributed by atoms with Crippen LogP contribution in [0.15, 0.2) is 24.3 Å². The van der Waals surface area contributed by atoms with Crippen LogP contribution in [0.4, 0.5) is 0 Å². The standard InChI is InChI=1S/C15H21ClN2OS.ClH/c16-14-5-3-12(4-6-14)10-20-11-15(19)18-9-13-2-1-7-17-8-13;/h3-6,13,17H,1-2,7-11H2,(H,18,19);1H. The molecule has 1 aliphatic rings. The van der Waals surface area contributed by atoms with Crippen LogP contribution in [-0.2, 0) is 10.5 Å². The molecule has 1 amide bonds. The van der Waals surface area contributed by atoms with Gasteiger partial charge in [0.25, 0.3) is 0 Å². The third-order valence-electron chi connectivity index (χ3n) is 3.40. The summed E-state index contributed by atoms with van der Waals surface area (Å²) >= 11 is 7.47. The number of hydrogen-bond donors (Lipinski definition) is 2. The Morgan fingerprint density at radius 3 is 2.81 bits per heavy atom. The summed E-state index contributed by atoms with van der Waals surface area (Å²) in [5, 5.41) is 7.14. The Hall–Kier alpha value is -0.420. The van der Waals surface area contributed by atoms with E-state index in [0.29, 0.717) is 11.7 Å². The van der Waals surface area contributed by atoms with Crippen molar-refractivity contribution in [2.45, 2.75) is 18.6 Å². The number of nitrogens with one attached hydrogen (secondary N) is 2. The first-order valence-electron chi connectivity index (χ1n) is 7.03. The summed E-state index contributed by atoms with van der Waals surface area (Å²) in [6, 6.07) is 7.77. The van der Waals surface area contributed by atoms with Crippen molar-refractivity contribution < 1.29 is 4.79 Å². The van der Waals surface area contributed by atoms with Crippen LogP contribution in [0.25, 0.3) is 0 Å². The van der Waals surface area contributed by atoms with Gasteiger partial charge in [0.2, 0.25) is 5.91 Å². The van der Waals surface area contributed by atoms with E-state index in [9.17, 15) is 4.79 Å². The highest BCUT2D eigenvalue weighted by Gasteiger charge is 2.13. The van der Waals surface area contributed by atoms with Gasteiger partial charge in [-0.15, -0.1) is 24.2 Å². The highest BCUT2D eigenvalue weighted by molar-refractivity contribution is 7.99. The summed E-state index contributed by atoms with van der Waals surface area (Å²) in [6.45, 7) is 2.94. The van der Waals surface area contributed by atoms with Gasteiger partial charge >= 0.3 is 0 Å². The monoisotopic (exact) mass is 348 g/mol. The van der Waals surface area contributed by atoms with Crippen LogP contribution in [0.2, 0.25) is 5.02 Å². The van der Waals surface area contributed by atoms with Crippen molar-refractivity contribution >= 4 is 41.7 Å². The molecule has 21 heavy (non-hydrogen) atoms. The normalized spacial score (nSPS) is 17.9. The van der Waals surface area contributed by atoms with E-state index < -0.39 is 0 Å².